The van der Waals surface area contributed by atoms with Gasteiger partial charge in [0.2, 0.25) is 5.88 Å². The number of rotatable bonds is 7. The number of carbonyl (C=O) groups is 1. The van der Waals surface area contributed by atoms with Crippen molar-refractivity contribution in [2.24, 2.45) is 0 Å². The molecule has 10 nitrogen and oxygen atoms in total. The number of benzene rings is 1. The summed E-state index contributed by atoms with van der Waals surface area (Å²) >= 11 is 0. The maximum absolute atomic E-state index is 11.3. The van der Waals surface area contributed by atoms with Gasteiger partial charge in [-0.05, 0) is 18.2 Å². The maximum atomic E-state index is 11.3. The van der Waals surface area contributed by atoms with E-state index in [0.717, 1.165) is 0 Å². The Morgan fingerprint density at radius 1 is 1.07 bits per heavy atom. The first-order chi connectivity index (χ1) is 13.5. The van der Waals surface area contributed by atoms with E-state index in [2.05, 4.69) is 20.1 Å². The number of anilines is 1. The molecule has 148 valence electrons. The third-order valence-corrected chi connectivity index (χ3v) is 3.92. The fourth-order valence-electron chi connectivity index (χ4n) is 2.61. The molecule has 3 rings (SSSR count). The first-order valence-corrected chi connectivity index (χ1v) is 8.19. The highest BCUT2D eigenvalue weighted by Gasteiger charge is 2.39. The number of para-hydroxylation sites is 1. The molecule has 2 aromatic heterocycles. The fraction of sp³-hybridized carbons (Fsp3) is 0.278. The van der Waals surface area contributed by atoms with Crippen LogP contribution in [0.2, 0.25) is 0 Å². The van der Waals surface area contributed by atoms with Crippen molar-refractivity contribution in [3.05, 3.63) is 48.2 Å². The van der Waals surface area contributed by atoms with E-state index in [1.807, 2.05) is 12.1 Å². The Morgan fingerprint density at radius 3 is 2.50 bits per heavy atom. The molecule has 0 atom stereocenters. The molecule has 0 fully saturated rings. The van der Waals surface area contributed by atoms with Crippen molar-refractivity contribution in [3.63, 3.8) is 0 Å². The summed E-state index contributed by atoms with van der Waals surface area (Å²) in [7, 11) is 5.71. The van der Waals surface area contributed by atoms with Gasteiger partial charge in [0.1, 0.15) is 5.75 Å². The van der Waals surface area contributed by atoms with Crippen LogP contribution in [-0.4, -0.2) is 49.1 Å². The minimum absolute atomic E-state index is 0.198. The molecule has 0 aliphatic carbocycles. The van der Waals surface area contributed by atoms with Gasteiger partial charge in [0.25, 0.3) is 0 Å². The molecule has 0 unspecified atom stereocenters. The van der Waals surface area contributed by atoms with Crippen LogP contribution >= 0.6 is 0 Å². The average molecular weight is 388 g/mol. The molecule has 1 amide bonds. The van der Waals surface area contributed by atoms with Crippen molar-refractivity contribution >= 4 is 17.6 Å². The monoisotopic (exact) mass is 388 g/mol. The van der Waals surface area contributed by atoms with Crippen LogP contribution in [0.1, 0.15) is 5.56 Å². The van der Waals surface area contributed by atoms with Crippen molar-refractivity contribution in [1.29, 1.82) is 0 Å². The highest BCUT2D eigenvalue weighted by molar-refractivity contribution is 5.83. The van der Waals surface area contributed by atoms with Crippen molar-refractivity contribution in [2.75, 3.05) is 33.8 Å². The first kappa shape index (κ1) is 19.4. The Kier molecular flexibility index (Phi) is 5.62. The van der Waals surface area contributed by atoms with Crippen LogP contribution in [0.5, 0.6) is 11.6 Å². The number of ether oxygens (including phenoxy) is 5. The zero-order valence-corrected chi connectivity index (χ0v) is 15.8. The SMILES string of the molecule is COC(=O)Nc1cn2nc(OC(OC)(OC)c3ccccc3OC)ccc2n1. The lowest BCUT2D eigenvalue weighted by atomic mass is 10.1. The van der Waals surface area contributed by atoms with Crippen molar-refractivity contribution in [2.45, 2.75) is 5.97 Å². The van der Waals surface area contributed by atoms with Gasteiger partial charge in [-0.2, -0.15) is 0 Å². The van der Waals surface area contributed by atoms with Crippen LogP contribution in [-0.2, 0) is 20.2 Å². The van der Waals surface area contributed by atoms with E-state index in [-0.39, 0.29) is 11.7 Å². The average Bonchev–Trinajstić information content (AvgIpc) is 3.13. The minimum atomic E-state index is -1.58. The van der Waals surface area contributed by atoms with Crippen LogP contribution in [0.4, 0.5) is 10.6 Å². The molecule has 28 heavy (non-hydrogen) atoms. The Morgan fingerprint density at radius 2 is 1.82 bits per heavy atom. The Bertz CT molecular complexity index is 970. The third kappa shape index (κ3) is 3.68. The summed E-state index contributed by atoms with van der Waals surface area (Å²) in [6.07, 6.45) is 0.887. The zero-order chi connectivity index (χ0) is 20.1. The van der Waals surface area contributed by atoms with E-state index >= 15 is 0 Å². The van der Waals surface area contributed by atoms with Gasteiger partial charge in [0.15, 0.2) is 11.5 Å². The van der Waals surface area contributed by atoms with E-state index in [1.54, 1.807) is 31.4 Å². The van der Waals surface area contributed by atoms with Gasteiger partial charge < -0.3 is 23.7 Å². The Hall–Kier alpha value is -3.37. The highest BCUT2D eigenvalue weighted by atomic mass is 16.9. The summed E-state index contributed by atoms with van der Waals surface area (Å²) in [6.45, 7) is 0. The lowest BCUT2D eigenvalue weighted by Gasteiger charge is -2.31. The molecule has 1 N–H and O–H groups in total. The molecule has 0 spiro atoms. The van der Waals surface area contributed by atoms with Gasteiger partial charge in [-0.1, -0.05) is 12.1 Å². The number of hydrogen-bond acceptors (Lipinski definition) is 8. The van der Waals surface area contributed by atoms with E-state index in [1.165, 1.54) is 32.0 Å². The number of methoxy groups -OCH3 is 4. The molecule has 2 heterocycles. The van der Waals surface area contributed by atoms with Crippen LogP contribution in [0.15, 0.2) is 42.6 Å². The largest absolute Gasteiger partial charge is 0.496 e. The van der Waals surface area contributed by atoms with Crippen molar-refractivity contribution in [3.8, 4) is 11.6 Å². The number of nitrogens with one attached hydrogen (secondary N) is 1. The topological polar surface area (TPSA) is 105 Å². The minimum Gasteiger partial charge on any atom is -0.496 e. The second-order valence-corrected chi connectivity index (χ2v) is 5.48. The van der Waals surface area contributed by atoms with E-state index < -0.39 is 12.1 Å². The zero-order valence-electron chi connectivity index (χ0n) is 15.8. The van der Waals surface area contributed by atoms with Gasteiger partial charge in [-0.3, -0.25) is 5.32 Å². The standard InChI is InChI=1S/C18H20N4O6/c1-24-13-8-6-5-7-12(13)18(26-3,27-4)28-16-10-9-15-19-14(11-22(15)21-16)20-17(23)25-2/h5-11H,1-4H3,(H,20,23). The van der Waals surface area contributed by atoms with Crippen molar-refractivity contribution in [1.82, 2.24) is 14.6 Å². The fourth-order valence-corrected chi connectivity index (χ4v) is 2.61. The van der Waals surface area contributed by atoms with E-state index in [9.17, 15) is 4.79 Å². The third-order valence-electron chi connectivity index (χ3n) is 3.92. The van der Waals surface area contributed by atoms with Crippen LogP contribution in [0.25, 0.3) is 5.65 Å². The van der Waals surface area contributed by atoms with Gasteiger partial charge in [0.05, 0.1) is 26.0 Å². The molecule has 10 heteroatoms. The van der Waals surface area contributed by atoms with Crippen molar-refractivity contribution < 1.29 is 28.5 Å². The number of imidazole rings is 1. The maximum Gasteiger partial charge on any atom is 0.412 e. The van der Waals surface area contributed by atoms with E-state index in [4.69, 9.17) is 18.9 Å². The number of hydrogen-bond donors (Lipinski definition) is 1. The number of fused-ring (bicyclic) bond motifs is 1. The van der Waals surface area contributed by atoms with Gasteiger partial charge in [0, 0.05) is 20.3 Å². The second kappa shape index (κ2) is 8.11. The molecule has 1 aromatic carbocycles. The second-order valence-electron chi connectivity index (χ2n) is 5.48. The lowest BCUT2D eigenvalue weighted by Crippen LogP contribution is -2.38. The summed E-state index contributed by atoms with van der Waals surface area (Å²) in [5, 5.41) is 6.80. The van der Waals surface area contributed by atoms with E-state index in [0.29, 0.717) is 17.0 Å². The summed E-state index contributed by atoms with van der Waals surface area (Å²) in [6, 6.07) is 10.4. The summed E-state index contributed by atoms with van der Waals surface area (Å²) < 4.78 is 28.4. The Balaban J connectivity index is 1.95. The number of amides is 1. The van der Waals surface area contributed by atoms with Gasteiger partial charge in [-0.25, -0.2) is 14.3 Å². The van der Waals surface area contributed by atoms with Crippen LogP contribution in [0, 0.1) is 0 Å². The van der Waals surface area contributed by atoms with Gasteiger partial charge in [-0.15, -0.1) is 5.10 Å². The normalized spacial score (nSPS) is 11.3. The molecule has 3 aromatic rings. The smallest absolute Gasteiger partial charge is 0.412 e. The Labute approximate surface area is 160 Å². The number of carbonyl (C=O) groups excluding carboxylic acids is 1. The molecule has 0 saturated carbocycles. The molecule has 0 saturated heterocycles. The molecule has 0 radical (unpaired) electrons. The number of aromatic nitrogens is 3. The summed E-state index contributed by atoms with van der Waals surface area (Å²) in [5.74, 6) is -0.574. The molecular formula is C18H20N4O6. The summed E-state index contributed by atoms with van der Waals surface area (Å²) in [5.41, 5.74) is 1.03. The predicted octanol–water partition coefficient (Wildman–Crippen LogP) is 2.40. The summed E-state index contributed by atoms with van der Waals surface area (Å²) in [4.78, 5) is 15.5. The highest BCUT2D eigenvalue weighted by Crippen LogP contribution is 2.35. The number of nitrogens with zero attached hydrogens (tertiary/aromatic N) is 3. The van der Waals surface area contributed by atoms with Crippen LogP contribution < -0.4 is 14.8 Å². The van der Waals surface area contributed by atoms with Gasteiger partial charge >= 0.3 is 12.1 Å². The molecule has 0 aliphatic heterocycles. The molecular weight excluding hydrogens is 368 g/mol. The lowest BCUT2D eigenvalue weighted by molar-refractivity contribution is -0.335. The molecule has 0 aliphatic rings. The first-order valence-electron chi connectivity index (χ1n) is 8.19. The quantitative estimate of drug-likeness (QED) is 0.615. The van der Waals surface area contributed by atoms with Crippen LogP contribution in [0.3, 0.4) is 0 Å². The predicted molar refractivity (Wildman–Crippen MR) is 98.3 cm³/mol. The molecule has 0 bridgehead atoms.